The molecule has 0 aromatic rings. The highest BCUT2D eigenvalue weighted by Crippen LogP contribution is 2.32. The van der Waals surface area contributed by atoms with Crippen molar-refractivity contribution in [3.05, 3.63) is 0 Å². The van der Waals surface area contributed by atoms with Crippen molar-refractivity contribution in [3.8, 4) is 0 Å². The Morgan fingerprint density at radius 2 is 1.35 bits per heavy atom. The number of carbonyl (C=O) groups excluding carboxylic acids is 2. The molecule has 0 aromatic heterocycles. The Labute approximate surface area is 103 Å². The van der Waals surface area contributed by atoms with Gasteiger partial charge in [0, 0.05) is 0 Å². The van der Waals surface area contributed by atoms with Crippen LogP contribution >= 0.6 is 0 Å². The van der Waals surface area contributed by atoms with Gasteiger partial charge in [-0.2, -0.15) is 0 Å². The summed E-state index contributed by atoms with van der Waals surface area (Å²) in [4.78, 5) is 23.2. The van der Waals surface area contributed by atoms with Gasteiger partial charge in [0.1, 0.15) is 0 Å². The topological polar surface area (TPSA) is 52.6 Å². The molecule has 0 N–H and O–H groups in total. The van der Waals surface area contributed by atoms with Gasteiger partial charge in [-0.15, -0.1) is 0 Å². The average Bonchev–Trinajstić information content (AvgIpc) is 2.82. The third-order valence-corrected chi connectivity index (χ3v) is 3.00. The Bertz CT molecular complexity index is 236. The van der Waals surface area contributed by atoms with Crippen molar-refractivity contribution in [1.82, 2.24) is 0 Å². The van der Waals surface area contributed by atoms with Crippen molar-refractivity contribution >= 4 is 11.9 Å². The summed E-state index contributed by atoms with van der Waals surface area (Å²) in [5, 5.41) is 0. The number of ether oxygens (including phenoxy) is 2. The summed E-state index contributed by atoms with van der Waals surface area (Å²) in [6.45, 7) is 4.88. The lowest BCUT2D eigenvalue weighted by Crippen LogP contribution is -2.19. The second kappa shape index (κ2) is 7.30. The van der Waals surface area contributed by atoms with E-state index in [9.17, 15) is 9.59 Å². The Morgan fingerprint density at radius 1 is 0.941 bits per heavy atom. The standard InChI is InChI=1S/C13H22O4/c1-3-7-16-12(14)10-5-6-11(9-10)13(15)17-8-4-2/h10-11H,3-9H2,1-2H3. The molecule has 0 saturated heterocycles. The van der Waals surface area contributed by atoms with E-state index in [1.54, 1.807) is 0 Å². The maximum absolute atomic E-state index is 11.6. The maximum Gasteiger partial charge on any atom is 0.308 e. The summed E-state index contributed by atoms with van der Waals surface area (Å²) in [7, 11) is 0. The third kappa shape index (κ3) is 4.36. The van der Waals surface area contributed by atoms with E-state index < -0.39 is 0 Å². The molecule has 2 unspecified atom stereocenters. The molecule has 2 atom stereocenters. The molecule has 0 amide bonds. The minimum Gasteiger partial charge on any atom is -0.465 e. The van der Waals surface area contributed by atoms with E-state index in [-0.39, 0.29) is 23.8 Å². The minimum atomic E-state index is -0.155. The van der Waals surface area contributed by atoms with Crippen molar-refractivity contribution in [2.75, 3.05) is 13.2 Å². The van der Waals surface area contributed by atoms with E-state index in [4.69, 9.17) is 9.47 Å². The highest BCUT2D eigenvalue weighted by molar-refractivity contribution is 5.77. The van der Waals surface area contributed by atoms with Gasteiger partial charge < -0.3 is 9.47 Å². The van der Waals surface area contributed by atoms with Crippen molar-refractivity contribution in [2.45, 2.75) is 46.0 Å². The second-order valence-electron chi connectivity index (χ2n) is 4.54. The zero-order valence-corrected chi connectivity index (χ0v) is 10.7. The number of esters is 2. The molecule has 4 nitrogen and oxygen atoms in total. The van der Waals surface area contributed by atoms with Crippen LogP contribution in [0.1, 0.15) is 46.0 Å². The van der Waals surface area contributed by atoms with Gasteiger partial charge in [0.15, 0.2) is 0 Å². The molecular weight excluding hydrogens is 220 g/mol. The first kappa shape index (κ1) is 14.0. The van der Waals surface area contributed by atoms with Gasteiger partial charge in [-0.25, -0.2) is 0 Å². The van der Waals surface area contributed by atoms with Gasteiger partial charge in [-0.3, -0.25) is 9.59 Å². The van der Waals surface area contributed by atoms with Crippen molar-refractivity contribution in [2.24, 2.45) is 11.8 Å². The highest BCUT2D eigenvalue weighted by atomic mass is 16.5. The van der Waals surface area contributed by atoms with Crippen molar-refractivity contribution in [3.63, 3.8) is 0 Å². The number of rotatable bonds is 6. The summed E-state index contributed by atoms with van der Waals surface area (Å²) >= 11 is 0. The van der Waals surface area contributed by atoms with E-state index in [1.807, 2.05) is 13.8 Å². The lowest BCUT2D eigenvalue weighted by Gasteiger charge is -2.10. The zero-order valence-electron chi connectivity index (χ0n) is 10.7. The van der Waals surface area contributed by atoms with Crippen LogP contribution in [-0.2, 0) is 19.1 Å². The smallest absolute Gasteiger partial charge is 0.308 e. The third-order valence-electron chi connectivity index (χ3n) is 3.00. The van der Waals surface area contributed by atoms with Crippen LogP contribution in [0.15, 0.2) is 0 Å². The van der Waals surface area contributed by atoms with E-state index >= 15 is 0 Å². The molecular formula is C13H22O4. The first-order chi connectivity index (χ1) is 8.19. The molecule has 1 fully saturated rings. The van der Waals surface area contributed by atoms with Crippen LogP contribution in [0.5, 0.6) is 0 Å². The van der Waals surface area contributed by atoms with Crippen LogP contribution in [-0.4, -0.2) is 25.2 Å². The largest absolute Gasteiger partial charge is 0.465 e. The van der Waals surface area contributed by atoms with Crippen LogP contribution in [0.4, 0.5) is 0 Å². The summed E-state index contributed by atoms with van der Waals surface area (Å²) in [6.07, 6.45) is 3.74. The van der Waals surface area contributed by atoms with Crippen LogP contribution in [0.3, 0.4) is 0 Å². The predicted molar refractivity (Wildman–Crippen MR) is 63.3 cm³/mol. The van der Waals surface area contributed by atoms with Gasteiger partial charge in [-0.1, -0.05) is 13.8 Å². The second-order valence-corrected chi connectivity index (χ2v) is 4.54. The molecule has 0 spiro atoms. The zero-order chi connectivity index (χ0) is 12.7. The Hall–Kier alpha value is -1.06. The summed E-state index contributed by atoms with van der Waals surface area (Å²) < 4.78 is 10.2. The molecule has 0 aromatic carbocycles. The monoisotopic (exact) mass is 242 g/mol. The van der Waals surface area contributed by atoms with Crippen molar-refractivity contribution < 1.29 is 19.1 Å². The summed E-state index contributed by atoms with van der Waals surface area (Å²) in [5.74, 6) is -0.531. The van der Waals surface area contributed by atoms with Crippen LogP contribution in [0.2, 0.25) is 0 Å². The van der Waals surface area contributed by atoms with Gasteiger partial charge in [0.25, 0.3) is 0 Å². The molecule has 0 bridgehead atoms. The fourth-order valence-corrected chi connectivity index (χ4v) is 2.05. The molecule has 98 valence electrons. The normalized spacial score (nSPS) is 23.4. The first-order valence-corrected chi connectivity index (χ1v) is 6.52. The lowest BCUT2D eigenvalue weighted by molar-refractivity contribution is -0.150. The van der Waals surface area contributed by atoms with E-state index in [0.29, 0.717) is 19.6 Å². The number of carbonyl (C=O) groups is 2. The van der Waals surface area contributed by atoms with Crippen molar-refractivity contribution in [1.29, 1.82) is 0 Å². The van der Waals surface area contributed by atoms with Crippen LogP contribution in [0, 0.1) is 11.8 Å². The molecule has 0 radical (unpaired) electrons. The molecule has 1 saturated carbocycles. The van der Waals surface area contributed by atoms with E-state index in [2.05, 4.69) is 0 Å². The summed E-state index contributed by atoms with van der Waals surface area (Å²) in [6, 6.07) is 0. The Morgan fingerprint density at radius 3 is 1.71 bits per heavy atom. The molecule has 1 aliphatic rings. The lowest BCUT2D eigenvalue weighted by atomic mass is 10.1. The molecule has 1 aliphatic carbocycles. The van der Waals surface area contributed by atoms with Crippen LogP contribution < -0.4 is 0 Å². The summed E-state index contributed by atoms with van der Waals surface area (Å²) in [5.41, 5.74) is 0. The van der Waals surface area contributed by atoms with E-state index in [0.717, 1.165) is 25.7 Å². The SMILES string of the molecule is CCCOC(=O)C1CCC(C(=O)OCCC)C1. The number of hydrogen-bond acceptors (Lipinski definition) is 4. The average molecular weight is 242 g/mol. The molecule has 0 heterocycles. The molecule has 0 aliphatic heterocycles. The van der Waals surface area contributed by atoms with Gasteiger partial charge in [0.2, 0.25) is 0 Å². The van der Waals surface area contributed by atoms with E-state index in [1.165, 1.54) is 0 Å². The van der Waals surface area contributed by atoms with Gasteiger partial charge in [-0.05, 0) is 32.1 Å². The maximum atomic E-state index is 11.6. The fourth-order valence-electron chi connectivity index (χ4n) is 2.05. The Balaban J connectivity index is 2.31. The quantitative estimate of drug-likeness (QED) is 0.671. The predicted octanol–water partition coefficient (Wildman–Crippen LogP) is 2.31. The first-order valence-electron chi connectivity index (χ1n) is 6.52. The van der Waals surface area contributed by atoms with Gasteiger partial charge in [0.05, 0.1) is 25.0 Å². The minimum absolute atomic E-state index is 0.110. The molecule has 1 rings (SSSR count). The molecule has 17 heavy (non-hydrogen) atoms. The fraction of sp³-hybridized carbons (Fsp3) is 0.846. The van der Waals surface area contributed by atoms with Gasteiger partial charge >= 0.3 is 11.9 Å². The molecule has 4 heteroatoms. The number of hydrogen-bond donors (Lipinski definition) is 0. The highest BCUT2D eigenvalue weighted by Gasteiger charge is 2.35. The van der Waals surface area contributed by atoms with Crippen LogP contribution in [0.25, 0.3) is 0 Å². The Kier molecular flexibility index (Phi) is 6.01.